The van der Waals surface area contributed by atoms with Crippen molar-refractivity contribution in [2.45, 2.75) is 6.61 Å². The van der Waals surface area contributed by atoms with Gasteiger partial charge in [0.25, 0.3) is 5.91 Å². The van der Waals surface area contributed by atoms with E-state index in [9.17, 15) is 9.18 Å². The van der Waals surface area contributed by atoms with Crippen molar-refractivity contribution < 1.29 is 13.9 Å². The standard InChI is InChI=1S/C30H23FN4O2/c31-25-17-15-23(16-18-25)29-24(20-35(34-29)26-11-5-2-6-12-26)19-32-33-30(36)27-13-7-8-14-28(27)37-21-22-9-3-1-4-10-22/h1-20H,21H2,(H,33,36)/b32-19-. The summed E-state index contributed by atoms with van der Waals surface area (Å²) in [5, 5.41) is 8.85. The zero-order chi connectivity index (χ0) is 25.5. The number of nitrogens with zero attached hydrogens (tertiary/aromatic N) is 3. The lowest BCUT2D eigenvalue weighted by Crippen LogP contribution is -2.18. The van der Waals surface area contributed by atoms with E-state index in [0.717, 1.165) is 16.8 Å². The molecule has 0 spiro atoms. The highest BCUT2D eigenvalue weighted by molar-refractivity contribution is 5.98. The molecule has 37 heavy (non-hydrogen) atoms. The first-order valence-corrected chi connectivity index (χ1v) is 11.7. The third-order valence-corrected chi connectivity index (χ3v) is 5.62. The average molecular weight is 491 g/mol. The van der Waals surface area contributed by atoms with Crippen LogP contribution in [0.1, 0.15) is 21.5 Å². The Morgan fingerprint density at radius 1 is 0.892 bits per heavy atom. The normalized spacial score (nSPS) is 10.9. The Labute approximate surface area is 213 Å². The topological polar surface area (TPSA) is 68.5 Å². The van der Waals surface area contributed by atoms with Crippen LogP contribution in [0.3, 0.4) is 0 Å². The molecule has 5 aromatic rings. The lowest BCUT2D eigenvalue weighted by atomic mass is 10.1. The highest BCUT2D eigenvalue weighted by Gasteiger charge is 2.14. The average Bonchev–Trinajstić information content (AvgIpc) is 3.37. The lowest BCUT2D eigenvalue weighted by Gasteiger charge is -2.10. The van der Waals surface area contributed by atoms with Gasteiger partial charge in [-0.3, -0.25) is 4.79 Å². The van der Waals surface area contributed by atoms with Gasteiger partial charge < -0.3 is 4.74 Å². The Morgan fingerprint density at radius 3 is 2.32 bits per heavy atom. The number of aromatic nitrogens is 2. The molecule has 0 bridgehead atoms. The van der Waals surface area contributed by atoms with Crippen molar-refractivity contribution in [1.29, 1.82) is 0 Å². The molecule has 0 saturated carbocycles. The number of carbonyl (C=O) groups is 1. The van der Waals surface area contributed by atoms with Gasteiger partial charge >= 0.3 is 0 Å². The van der Waals surface area contributed by atoms with Crippen LogP contribution in [0.25, 0.3) is 16.9 Å². The van der Waals surface area contributed by atoms with E-state index in [1.165, 1.54) is 18.3 Å². The maximum absolute atomic E-state index is 13.5. The number of nitrogens with one attached hydrogen (secondary N) is 1. The van der Waals surface area contributed by atoms with Gasteiger partial charge in [-0.05, 0) is 54.1 Å². The number of para-hydroxylation sites is 2. The number of hydrazone groups is 1. The maximum Gasteiger partial charge on any atom is 0.275 e. The van der Waals surface area contributed by atoms with Gasteiger partial charge in [-0.1, -0.05) is 60.7 Å². The summed E-state index contributed by atoms with van der Waals surface area (Å²) in [6.07, 6.45) is 3.33. The lowest BCUT2D eigenvalue weighted by molar-refractivity contribution is 0.0950. The first kappa shape index (κ1) is 23.7. The molecule has 1 N–H and O–H groups in total. The number of halogens is 1. The van der Waals surface area contributed by atoms with Crippen molar-refractivity contribution in [2.75, 3.05) is 0 Å². The summed E-state index contributed by atoms with van der Waals surface area (Å²) in [5.74, 6) is -0.275. The van der Waals surface area contributed by atoms with Gasteiger partial charge in [-0.15, -0.1) is 0 Å². The molecule has 1 heterocycles. The van der Waals surface area contributed by atoms with E-state index in [-0.39, 0.29) is 5.82 Å². The fraction of sp³-hybridized carbons (Fsp3) is 0.0333. The summed E-state index contributed by atoms with van der Waals surface area (Å²) in [5.41, 5.74) is 6.79. The van der Waals surface area contributed by atoms with E-state index in [4.69, 9.17) is 4.74 Å². The summed E-state index contributed by atoms with van der Waals surface area (Å²) < 4.78 is 21.1. The Morgan fingerprint density at radius 2 is 1.57 bits per heavy atom. The molecule has 0 atom stereocenters. The predicted octanol–water partition coefficient (Wildman–Crippen LogP) is 6.02. The van der Waals surface area contributed by atoms with Crippen LogP contribution in [0.2, 0.25) is 0 Å². The zero-order valence-electron chi connectivity index (χ0n) is 19.8. The number of ether oxygens (including phenoxy) is 1. The minimum atomic E-state index is -0.404. The number of amides is 1. The third kappa shape index (κ3) is 5.79. The quantitative estimate of drug-likeness (QED) is 0.214. The number of carbonyl (C=O) groups excluding carboxylic acids is 1. The fourth-order valence-electron chi connectivity index (χ4n) is 3.76. The van der Waals surface area contributed by atoms with Gasteiger partial charge in [0, 0.05) is 17.3 Å². The second-order valence-electron chi connectivity index (χ2n) is 8.19. The highest BCUT2D eigenvalue weighted by Crippen LogP contribution is 2.23. The number of rotatable bonds is 8. The molecule has 1 amide bonds. The SMILES string of the molecule is O=C(N/N=C\c1cn(-c2ccccc2)nc1-c1ccc(F)cc1)c1ccccc1OCc1ccccc1. The van der Waals surface area contributed by atoms with E-state index in [0.29, 0.717) is 29.2 Å². The minimum absolute atomic E-state index is 0.332. The van der Waals surface area contributed by atoms with Crippen molar-refractivity contribution >= 4 is 12.1 Å². The van der Waals surface area contributed by atoms with E-state index in [1.807, 2.05) is 66.7 Å². The van der Waals surface area contributed by atoms with Gasteiger partial charge in [-0.2, -0.15) is 10.2 Å². The van der Waals surface area contributed by atoms with E-state index >= 15 is 0 Å². The largest absolute Gasteiger partial charge is 0.488 e. The van der Waals surface area contributed by atoms with Crippen LogP contribution in [-0.2, 0) is 6.61 Å². The van der Waals surface area contributed by atoms with Gasteiger partial charge in [0.1, 0.15) is 23.9 Å². The molecule has 1 aromatic heterocycles. The van der Waals surface area contributed by atoms with Crippen molar-refractivity contribution in [3.63, 3.8) is 0 Å². The van der Waals surface area contributed by atoms with Crippen LogP contribution < -0.4 is 10.2 Å². The molecular formula is C30H23FN4O2. The van der Waals surface area contributed by atoms with Gasteiger partial charge in [0.15, 0.2) is 0 Å². The molecule has 0 unspecified atom stereocenters. The molecule has 0 aliphatic heterocycles. The van der Waals surface area contributed by atoms with Gasteiger partial charge in [-0.25, -0.2) is 14.5 Å². The van der Waals surface area contributed by atoms with Crippen LogP contribution in [0.5, 0.6) is 5.75 Å². The Kier molecular flexibility index (Phi) is 7.13. The molecule has 182 valence electrons. The van der Waals surface area contributed by atoms with Crippen LogP contribution in [-0.4, -0.2) is 21.9 Å². The molecule has 4 aromatic carbocycles. The Balaban J connectivity index is 1.36. The van der Waals surface area contributed by atoms with E-state index in [2.05, 4.69) is 15.6 Å². The summed E-state index contributed by atoms with van der Waals surface area (Å²) in [4.78, 5) is 12.9. The summed E-state index contributed by atoms with van der Waals surface area (Å²) in [6, 6.07) is 32.4. The van der Waals surface area contributed by atoms with Crippen molar-refractivity contribution in [3.8, 4) is 22.7 Å². The summed E-state index contributed by atoms with van der Waals surface area (Å²) in [7, 11) is 0. The molecular weight excluding hydrogens is 467 g/mol. The summed E-state index contributed by atoms with van der Waals surface area (Å²) in [6.45, 7) is 0.341. The second-order valence-corrected chi connectivity index (χ2v) is 8.19. The monoisotopic (exact) mass is 490 g/mol. The van der Waals surface area contributed by atoms with Crippen LogP contribution in [0.15, 0.2) is 120 Å². The van der Waals surface area contributed by atoms with Crippen molar-refractivity contribution in [1.82, 2.24) is 15.2 Å². The van der Waals surface area contributed by atoms with Crippen LogP contribution in [0.4, 0.5) is 4.39 Å². The Hall–Kier alpha value is -5.04. The molecule has 0 aliphatic rings. The number of hydrogen-bond acceptors (Lipinski definition) is 4. The maximum atomic E-state index is 13.5. The number of benzene rings is 4. The highest BCUT2D eigenvalue weighted by atomic mass is 19.1. The zero-order valence-corrected chi connectivity index (χ0v) is 19.8. The molecule has 0 saturated heterocycles. The summed E-state index contributed by atoms with van der Waals surface area (Å²) >= 11 is 0. The predicted molar refractivity (Wildman–Crippen MR) is 141 cm³/mol. The number of hydrogen-bond donors (Lipinski definition) is 1. The molecule has 0 radical (unpaired) electrons. The van der Waals surface area contributed by atoms with Gasteiger partial charge in [0.2, 0.25) is 0 Å². The second kappa shape index (κ2) is 11.1. The molecule has 0 fully saturated rings. The van der Waals surface area contributed by atoms with Crippen molar-refractivity contribution in [3.05, 3.63) is 138 Å². The molecule has 0 aliphatic carbocycles. The smallest absolute Gasteiger partial charge is 0.275 e. The first-order valence-electron chi connectivity index (χ1n) is 11.7. The van der Waals surface area contributed by atoms with E-state index in [1.54, 1.807) is 41.2 Å². The molecule has 6 nitrogen and oxygen atoms in total. The van der Waals surface area contributed by atoms with E-state index < -0.39 is 5.91 Å². The third-order valence-electron chi connectivity index (χ3n) is 5.62. The van der Waals surface area contributed by atoms with Crippen LogP contribution >= 0.6 is 0 Å². The fourth-order valence-corrected chi connectivity index (χ4v) is 3.76. The first-order chi connectivity index (χ1) is 18.2. The molecule has 5 rings (SSSR count). The van der Waals surface area contributed by atoms with Crippen molar-refractivity contribution in [2.24, 2.45) is 5.10 Å². The van der Waals surface area contributed by atoms with Crippen LogP contribution in [0, 0.1) is 5.82 Å². The van der Waals surface area contributed by atoms with Gasteiger partial charge in [0.05, 0.1) is 17.5 Å². The minimum Gasteiger partial charge on any atom is -0.488 e. The molecule has 7 heteroatoms. The Bertz CT molecular complexity index is 1510.